The molecule has 2 aromatic carbocycles. The van der Waals surface area contributed by atoms with Gasteiger partial charge in [-0.25, -0.2) is 0 Å². The molecule has 0 saturated heterocycles. The molecule has 6 nitrogen and oxygen atoms in total. The first-order chi connectivity index (χ1) is 13.5. The molecule has 0 fully saturated rings. The molecule has 1 N–H and O–H groups in total. The lowest BCUT2D eigenvalue weighted by molar-refractivity contribution is -0.113. The molecule has 1 heterocycles. The number of benzene rings is 2. The average molecular weight is 397 g/mol. The van der Waals surface area contributed by atoms with E-state index < -0.39 is 0 Å². The van der Waals surface area contributed by atoms with E-state index in [2.05, 4.69) is 15.5 Å². The maximum Gasteiger partial charge on any atom is 0.234 e. The fourth-order valence-electron chi connectivity index (χ4n) is 2.80. The summed E-state index contributed by atoms with van der Waals surface area (Å²) in [6, 6.07) is 13.6. The van der Waals surface area contributed by atoms with E-state index in [1.165, 1.54) is 17.3 Å². The second kappa shape index (κ2) is 8.93. The van der Waals surface area contributed by atoms with Gasteiger partial charge < -0.3 is 14.6 Å². The van der Waals surface area contributed by atoms with Gasteiger partial charge in [0, 0.05) is 17.8 Å². The first-order valence-electron chi connectivity index (χ1n) is 9.09. The molecule has 146 valence electrons. The van der Waals surface area contributed by atoms with Crippen molar-refractivity contribution in [2.75, 3.05) is 18.2 Å². The Balaban J connectivity index is 1.69. The number of aromatic nitrogens is 3. The van der Waals surface area contributed by atoms with Crippen LogP contribution < -0.4 is 10.1 Å². The number of hydrogen-bond donors (Lipinski definition) is 1. The summed E-state index contributed by atoms with van der Waals surface area (Å²) in [6.45, 7) is 6.82. The van der Waals surface area contributed by atoms with E-state index >= 15 is 0 Å². The number of amides is 1. The molecular weight excluding hydrogens is 372 g/mol. The predicted octanol–water partition coefficient (Wildman–Crippen LogP) is 4.32. The van der Waals surface area contributed by atoms with Crippen LogP contribution in [0.1, 0.15) is 18.1 Å². The van der Waals surface area contributed by atoms with Crippen molar-refractivity contribution in [1.29, 1.82) is 0 Å². The minimum atomic E-state index is -0.0677. The molecule has 0 aliphatic heterocycles. The Morgan fingerprint density at radius 3 is 2.68 bits per heavy atom. The van der Waals surface area contributed by atoms with Gasteiger partial charge >= 0.3 is 0 Å². The third kappa shape index (κ3) is 4.54. The lowest BCUT2D eigenvalue weighted by Crippen LogP contribution is -2.14. The number of anilines is 1. The smallest absolute Gasteiger partial charge is 0.234 e. The predicted molar refractivity (Wildman–Crippen MR) is 113 cm³/mol. The van der Waals surface area contributed by atoms with Crippen molar-refractivity contribution in [3.63, 3.8) is 0 Å². The summed E-state index contributed by atoms with van der Waals surface area (Å²) >= 11 is 1.38. The van der Waals surface area contributed by atoms with Crippen LogP contribution in [0.25, 0.3) is 11.4 Å². The maximum absolute atomic E-state index is 12.3. The molecule has 0 aliphatic carbocycles. The average Bonchev–Trinajstić information content (AvgIpc) is 3.12. The first kappa shape index (κ1) is 19.9. The van der Waals surface area contributed by atoms with E-state index in [0.717, 1.165) is 33.5 Å². The summed E-state index contributed by atoms with van der Waals surface area (Å²) < 4.78 is 7.30. The van der Waals surface area contributed by atoms with E-state index in [9.17, 15) is 4.79 Å². The van der Waals surface area contributed by atoms with E-state index in [-0.39, 0.29) is 11.7 Å². The zero-order valence-electron chi connectivity index (χ0n) is 16.5. The van der Waals surface area contributed by atoms with Gasteiger partial charge in [0.2, 0.25) is 5.91 Å². The summed E-state index contributed by atoms with van der Waals surface area (Å²) in [5, 5.41) is 12.3. The number of carbonyl (C=O) groups is 1. The largest absolute Gasteiger partial charge is 0.497 e. The van der Waals surface area contributed by atoms with Gasteiger partial charge in [0.05, 0.1) is 12.9 Å². The molecule has 0 spiro atoms. The molecule has 0 bridgehead atoms. The number of rotatable bonds is 7. The number of hydrogen-bond acceptors (Lipinski definition) is 5. The van der Waals surface area contributed by atoms with Crippen molar-refractivity contribution in [3.05, 3.63) is 53.6 Å². The summed E-state index contributed by atoms with van der Waals surface area (Å²) in [4.78, 5) is 12.3. The van der Waals surface area contributed by atoms with Gasteiger partial charge in [-0.05, 0) is 56.2 Å². The second-order valence-corrected chi connectivity index (χ2v) is 7.36. The molecule has 1 aromatic heterocycles. The molecule has 0 atom stereocenters. The van der Waals surface area contributed by atoms with E-state index in [1.807, 2.05) is 67.8 Å². The summed E-state index contributed by atoms with van der Waals surface area (Å²) in [6.07, 6.45) is 0. The molecule has 3 rings (SSSR count). The van der Waals surface area contributed by atoms with Gasteiger partial charge in [-0.3, -0.25) is 4.79 Å². The van der Waals surface area contributed by atoms with Crippen LogP contribution in [0, 0.1) is 13.8 Å². The SMILES string of the molecule is CCn1c(SCC(=O)Nc2ccc(C)c(C)c2)nnc1-c1cccc(OC)c1. The Labute approximate surface area is 169 Å². The van der Waals surface area contributed by atoms with Crippen LogP contribution in [0.15, 0.2) is 47.6 Å². The second-order valence-electron chi connectivity index (χ2n) is 6.42. The van der Waals surface area contributed by atoms with Gasteiger partial charge in [0.1, 0.15) is 5.75 Å². The summed E-state index contributed by atoms with van der Waals surface area (Å²) in [7, 11) is 1.64. The number of carbonyl (C=O) groups excluding carboxylic acids is 1. The Hall–Kier alpha value is -2.80. The van der Waals surface area contributed by atoms with Crippen LogP contribution in [0.5, 0.6) is 5.75 Å². The molecule has 28 heavy (non-hydrogen) atoms. The van der Waals surface area contributed by atoms with Crippen molar-refractivity contribution < 1.29 is 9.53 Å². The minimum absolute atomic E-state index is 0.0677. The van der Waals surface area contributed by atoms with Crippen LogP contribution in [0.3, 0.4) is 0 Å². The van der Waals surface area contributed by atoms with Crippen molar-refractivity contribution in [3.8, 4) is 17.1 Å². The van der Waals surface area contributed by atoms with Crippen LogP contribution in [0.4, 0.5) is 5.69 Å². The lowest BCUT2D eigenvalue weighted by atomic mass is 10.1. The molecule has 7 heteroatoms. The Kier molecular flexibility index (Phi) is 6.36. The van der Waals surface area contributed by atoms with Gasteiger partial charge in [-0.1, -0.05) is 30.0 Å². The fraction of sp³-hybridized carbons (Fsp3) is 0.286. The number of aryl methyl sites for hydroxylation is 2. The number of ether oxygens (including phenoxy) is 1. The highest BCUT2D eigenvalue weighted by atomic mass is 32.2. The third-order valence-electron chi connectivity index (χ3n) is 4.48. The third-order valence-corrected chi connectivity index (χ3v) is 5.45. The van der Waals surface area contributed by atoms with Crippen LogP contribution >= 0.6 is 11.8 Å². The van der Waals surface area contributed by atoms with Crippen molar-refractivity contribution in [2.45, 2.75) is 32.5 Å². The lowest BCUT2D eigenvalue weighted by Gasteiger charge is -2.09. The highest BCUT2D eigenvalue weighted by Crippen LogP contribution is 2.26. The molecule has 0 aliphatic rings. The highest BCUT2D eigenvalue weighted by Gasteiger charge is 2.15. The zero-order chi connectivity index (χ0) is 20.1. The topological polar surface area (TPSA) is 69.0 Å². The van der Waals surface area contributed by atoms with Crippen LogP contribution in [-0.2, 0) is 11.3 Å². The van der Waals surface area contributed by atoms with Crippen LogP contribution in [0.2, 0.25) is 0 Å². The molecular formula is C21H24N4O2S. The van der Waals surface area contributed by atoms with Gasteiger partial charge in [0.25, 0.3) is 0 Å². The van der Waals surface area contributed by atoms with Gasteiger partial charge in [-0.15, -0.1) is 10.2 Å². The van der Waals surface area contributed by atoms with E-state index in [1.54, 1.807) is 7.11 Å². The van der Waals surface area contributed by atoms with Crippen molar-refractivity contribution >= 4 is 23.4 Å². The van der Waals surface area contributed by atoms with Gasteiger partial charge in [-0.2, -0.15) is 0 Å². The monoisotopic (exact) mass is 396 g/mol. The molecule has 0 radical (unpaired) electrons. The molecule has 3 aromatic rings. The maximum atomic E-state index is 12.3. The van der Waals surface area contributed by atoms with E-state index in [4.69, 9.17) is 4.74 Å². The molecule has 1 amide bonds. The Bertz CT molecular complexity index is 984. The molecule has 0 saturated carbocycles. The fourth-order valence-corrected chi connectivity index (χ4v) is 3.60. The van der Waals surface area contributed by atoms with Crippen molar-refractivity contribution in [1.82, 2.24) is 14.8 Å². The number of nitrogens with one attached hydrogen (secondary N) is 1. The number of methoxy groups -OCH3 is 1. The number of nitrogens with zero attached hydrogens (tertiary/aromatic N) is 3. The summed E-state index contributed by atoms with van der Waals surface area (Å²) in [5.41, 5.74) is 4.09. The Morgan fingerprint density at radius 1 is 1.14 bits per heavy atom. The number of thioether (sulfide) groups is 1. The Morgan fingerprint density at radius 2 is 1.96 bits per heavy atom. The van der Waals surface area contributed by atoms with Crippen LogP contribution in [-0.4, -0.2) is 33.5 Å². The van der Waals surface area contributed by atoms with Gasteiger partial charge in [0.15, 0.2) is 11.0 Å². The molecule has 0 unspecified atom stereocenters. The quantitative estimate of drug-likeness (QED) is 0.602. The highest BCUT2D eigenvalue weighted by molar-refractivity contribution is 7.99. The summed E-state index contributed by atoms with van der Waals surface area (Å²) in [5.74, 6) is 1.73. The normalized spacial score (nSPS) is 10.7. The van der Waals surface area contributed by atoms with E-state index in [0.29, 0.717) is 6.54 Å². The van der Waals surface area contributed by atoms with Crippen molar-refractivity contribution in [2.24, 2.45) is 0 Å². The minimum Gasteiger partial charge on any atom is -0.497 e. The zero-order valence-corrected chi connectivity index (χ0v) is 17.3. The standard InChI is InChI=1S/C21H24N4O2S/c1-5-25-20(16-7-6-8-18(12-16)27-4)23-24-21(25)28-13-19(26)22-17-10-9-14(2)15(3)11-17/h6-12H,5,13H2,1-4H3,(H,22,26). The first-order valence-corrected chi connectivity index (χ1v) is 10.1.